The Morgan fingerprint density at radius 3 is 1.69 bits per heavy atom. The molecule has 80 valence electrons. The number of aliphatic hydroxyl groups excluding tert-OH is 1. The number of aliphatic carboxylic acids is 1. The van der Waals surface area contributed by atoms with E-state index in [9.17, 15) is 0 Å². The van der Waals surface area contributed by atoms with Gasteiger partial charge in [-0.1, -0.05) is 6.58 Å². The number of aliphatic hydroxyl groups is 1. The molecule has 0 amide bonds. The third-order valence-corrected chi connectivity index (χ3v) is 1.29. The first-order valence-corrected chi connectivity index (χ1v) is 3.54. The highest BCUT2D eigenvalue weighted by Crippen LogP contribution is 1.94. The molecular formula is C8H17ClNO3-. The number of quaternary nitrogens is 1. The van der Waals surface area contributed by atoms with Crippen molar-refractivity contribution < 1.29 is 31.9 Å². The lowest BCUT2D eigenvalue weighted by atomic mass is 10.5. The minimum atomic E-state index is -1.23. The van der Waals surface area contributed by atoms with E-state index in [0.29, 0.717) is 4.48 Å². The molecule has 0 aromatic carbocycles. The average molecular weight is 211 g/mol. The van der Waals surface area contributed by atoms with Crippen LogP contribution < -0.4 is 17.5 Å². The Bertz CT molecular complexity index is 152. The number of hydrogen-bond donors (Lipinski definition) is 1. The summed E-state index contributed by atoms with van der Waals surface area (Å²) in [4.78, 5) is 9.14. The van der Waals surface area contributed by atoms with Crippen LogP contribution in [0.4, 0.5) is 0 Å². The van der Waals surface area contributed by atoms with Crippen LogP contribution in [0, 0.1) is 0 Å². The van der Waals surface area contributed by atoms with E-state index in [2.05, 4.69) is 6.58 Å². The monoisotopic (exact) mass is 210 g/mol. The Labute approximate surface area is 85.5 Å². The van der Waals surface area contributed by atoms with Gasteiger partial charge in [0.05, 0.1) is 27.1 Å². The van der Waals surface area contributed by atoms with Crippen molar-refractivity contribution in [1.82, 2.24) is 0 Å². The van der Waals surface area contributed by atoms with Crippen molar-refractivity contribution in [2.75, 3.05) is 21.1 Å². The summed E-state index contributed by atoms with van der Waals surface area (Å²) in [5.41, 5.74) is 0. The SMILES string of the molecule is C=CC(=O)[O-].CC(O)[N+](C)(C)C.[Cl-]. The quantitative estimate of drug-likeness (QED) is 0.287. The number of nitrogens with zero attached hydrogens (tertiary/aromatic N) is 1. The number of rotatable bonds is 2. The molecule has 0 spiro atoms. The van der Waals surface area contributed by atoms with Crippen LogP contribution in [0.1, 0.15) is 6.92 Å². The minimum Gasteiger partial charge on any atom is -1.00 e. The van der Waals surface area contributed by atoms with Gasteiger partial charge in [0.2, 0.25) is 0 Å². The summed E-state index contributed by atoms with van der Waals surface area (Å²) in [5.74, 6) is -1.23. The van der Waals surface area contributed by atoms with E-state index in [-0.39, 0.29) is 18.6 Å². The molecule has 13 heavy (non-hydrogen) atoms. The molecule has 4 nitrogen and oxygen atoms in total. The third kappa shape index (κ3) is 18.4. The lowest BCUT2D eigenvalue weighted by Gasteiger charge is -2.26. The highest BCUT2D eigenvalue weighted by molar-refractivity contribution is 5.76. The van der Waals surface area contributed by atoms with Crippen molar-refractivity contribution in [2.45, 2.75) is 13.2 Å². The maximum Gasteiger partial charge on any atom is 0.187 e. The van der Waals surface area contributed by atoms with Gasteiger partial charge in [0.15, 0.2) is 6.23 Å². The van der Waals surface area contributed by atoms with E-state index < -0.39 is 5.97 Å². The molecule has 0 aliphatic rings. The van der Waals surface area contributed by atoms with Crippen molar-refractivity contribution in [3.05, 3.63) is 12.7 Å². The summed E-state index contributed by atoms with van der Waals surface area (Å²) in [6.45, 7) is 4.68. The second kappa shape index (κ2) is 8.04. The Morgan fingerprint density at radius 2 is 1.69 bits per heavy atom. The van der Waals surface area contributed by atoms with Gasteiger partial charge in [-0.2, -0.15) is 0 Å². The van der Waals surface area contributed by atoms with E-state index in [1.54, 1.807) is 6.92 Å². The van der Waals surface area contributed by atoms with Gasteiger partial charge in [0.1, 0.15) is 0 Å². The highest BCUT2D eigenvalue weighted by atomic mass is 35.5. The van der Waals surface area contributed by atoms with Crippen LogP contribution in [0.15, 0.2) is 12.7 Å². The van der Waals surface area contributed by atoms with Crippen LogP contribution in [-0.4, -0.2) is 42.9 Å². The molecular weight excluding hydrogens is 194 g/mol. The van der Waals surface area contributed by atoms with Crippen molar-refractivity contribution in [3.8, 4) is 0 Å². The van der Waals surface area contributed by atoms with Gasteiger partial charge in [0.25, 0.3) is 0 Å². The Morgan fingerprint density at radius 1 is 1.54 bits per heavy atom. The molecule has 0 rings (SSSR count). The molecule has 0 aliphatic carbocycles. The second-order valence-electron chi connectivity index (χ2n) is 3.27. The molecule has 0 aliphatic heterocycles. The maximum absolute atomic E-state index is 9.14. The Kier molecular flexibility index (Phi) is 11.3. The zero-order chi connectivity index (χ0) is 10.4. The van der Waals surface area contributed by atoms with Crippen LogP contribution in [0.2, 0.25) is 0 Å². The largest absolute Gasteiger partial charge is 1.00 e. The fraction of sp³-hybridized carbons (Fsp3) is 0.625. The van der Waals surface area contributed by atoms with Gasteiger partial charge >= 0.3 is 0 Å². The first kappa shape index (κ1) is 18.3. The van der Waals surface area contributed by atoms with Crippen molar-refractivity contribution >= 4 is 5.97 Å². The number of carboxylic acids is 1. The standard InChI is InChI=1S/C5H14NO.C3H4O2.ClH/c1-5(7)6(2,3)4;1-2-3(4)5;/h5,7H,1-4H3;2H,1H2,(H,4,5);1H/q+1;;/p-2. The molecule has 0 bridgehead atoms. The predicted octanol–water partition coefficient (Wildman–Crippen LogP) is -4.04. The summed E-state index contributed by atoms with van der Waals surface area (Å²) in [6.07, 6.45) is 0.458. The normalized spacial score (nSPS) is 11.5. The van der Waals surface area contributed by atoms with Gasteiger partial charge < -0.3 is 31.9 Å². The predicted molar refractivity (Wildman–Crippen MR) is 44.9 cm³/mol. The fourth-order valence-electron chi connectivity index (χ4n) is 0. The molecule has 0 saturated carbocycles. The number of carboxylic acid groups (broad SMARTS) is 1. The van der Waals surface area contributed by atoms with Gasteiger partial charge in [0, 0.05) is 6.92 Å². The van der Waals surface area contributed by atoms with Crippen LogP contribution >= 0.6 is 0 Å². The molecule has 0 aromatic heterocycles. The smallest absolute Gasteiger partial charge is 0.187 e. The topological polar surface area (TPSA) is 60.4 Å². The zero-order valence-electron chi connectivity index (χ0n) is 8.45. The lowest BCUT2D eigenvalue weighted by Crippen LogP contribution is -3.00. The molecule has 1 N–H and O–H groups in total. The molecule has 1 atom stereocenters. The van der Waals surface area contributed by atoms with Crippen molar-refractivity contribution in [1.29, 1.82) is 0 Å². The van der Waals surface area contributed by atoms with E-state index in [0.717, 1.165) is 6.08 Å². The van der Waals surface area contributed by atoms with E-state index in [4.69, 9.17) is 15.0 Å². The summed E-state index contributed by atoms with van der Waals surface area (Å²) >= 11 is 0. The summed E-state index contributed by atoms with van der Waals surface area (Å²) in [7, 11) is 5.85. The molecule has 0 fully saturated rings. The number of halogens is 1. The fourth-order valence-corrected chi connectivity index (χ4v) is 0. The summed E-state index contributed by atoms with van der Waals surface area (Å²) in [6, 6.07) is 0. The summed E-state index contributed by atoms with van der Waals surface area (Å²) in [5, 5.41) is 18.0. The molecule has 0 heterocycles. The van der Waals surface area contributed by atoms with Crippen LogP contribution in [0.3, 0.4) is 0 Å². The highest BCUT2D eigenvalue weighted by Gasteiger charge is 2.12. The lowest BCUT2D eigenvalue weighted by molar-refractivity contribution is -0.916. The van der Waals surface area contributed by atoms with Crippen LogP contribution in [-0.2, 0) is 4.79 Å². The number of carbonyl (C=O) groups excluding carboxylic acids is 1. The molecule has 0 radical (unpaired) electrons. The van der Waals surface area contributed by atoms with Crippen LogP contribution in [0.5, 0.6) is 0 Å². The summed E-state index contributed by atoms with van der Waals surface area (Å²) < 4.78 is 0.611. The zero-order valence-corrected chi connectivity index (χ0v) is 9.21. The second-order valence-corrected chi connectivity index (χ2v) is 3.27. The Hall–Kier alpha value is -0.580. The minimum absolute atomic E-state index is 0. The first-order chi connectivity index (χ1) is 5.21. The van der Waals surface area contributed by atoms with E-state index >= 15 is 0 Å². The number of hydrogen-bond acceptors (Lipinski definition) is 3. The molecule has 0 aromatic rings. The third-order valence-electron chi connectivity index (χ3n) is 1.29. The average Bonchev–Trinajstić information content (AvgIpc) is 1.87. The van der Waals surface area contributed by atoms with Gasteiger partial charge in [-0.05, 0) is 6.08 Å². The maximum atomic E-state index is 9.14. The first-order valence-electron chi connectivity index (χ1n) is 3.54. The van der Waals surface area contributed by atoms with Crippen molar-refractivity contribution in [3.63, 3.8) is 0 Å². The van der Waals surface area contributed by atoms with E-state index in [1.807, 2.05) is 21.1 Å². The van der Waals surface area contributed by atoms with Gasteiger partial charge in [-0.25, -0.2) is 0 Å². The molecule has 5 heteroatoms. The van der Waals surface area contributed by atoms with Crippen LogP contribution in [0.25, 0.3) is 0 Å². The molecule has 1 unspecified atom stereocenters. The Balaban J connectivity index is -0.000000150. The van der Waals surface area contributed by atoms with Gasteiger partial charge in [-0.3, -0.25) is 0 Å². The van der Waals surface area contributed by atoms with Gasteiger partial charge in [-0.15, -0.1) is 0 Å². The van der Waals surface area contributed by atoms with E-state index in [1.165, 1.54) is 0 Å². The molecule has 0 saturated heterocycles. The van der Waals surface area contributed by atoms with Crippen molar-refractivity contribution in [2.24, 2.45) is 0 Å². The number of carbonyl (C=O) groups is 1.